The van der Waals surface area contributed by atoms with Gasteiger partial charge in [-0.1, -0.05) is 36.4 Å². The molecule has 2 amide bonds. The number of nitrogens with one attached hydrogen (secondary N) is 2. The first-order valence-corrected chi connectivity index (χ1v) is 9.76. The Morgan fingerprint density at radius 1 is 1.16 bits per heavy atom. The van der Waals surface area contributed by atoms with Crippen molar-refractivity contribution in [2.45, 2.75) is 19.9 Å². The summed E-state index contributed by atoms with van der Waals surface area (Å²) in [6.07, 6.45) is 0.622. The number of rotatable bonds is 4. The number of nitrogens with zero attached hydrogens (tertiary/aromatic N) is 1. The highest BCUT2D eigenvalue weighted by Gasteiger charge is 2.28. The minimum absolute atomic E-state index is 0.168. The van der Waals surface area contributed by atoms with Crippen LogP contribution in [0.1, 0.15) is 17.5 Å². The van der Waals surface area contributed by atoms with Crippen LogP contribution in [0.5, 0.6) is 0 Å². The SMILES string of the molecule is Cc1ccc(N2CCCS2(=O)=O)cc1NC(=O)NCc1ccccc1. The standard InChI is InChI=1S/C18H21N3O3S/c1-14-8-9-16(21-10-5-11-25(21,23)24)12-17(14)20-18(22)19-13-15-6-3-2-4-7-15/h2-4,6-9,12H,5,10-11,13H2,1H3,(H2,19,20,22). The van der Waals surface area contributed by atoms with E-state index >= 15 is 0 Å². The molecule has 0 aromatic heterocycles. The predicted molar refractivity (Wildman–Crippen MR) is 99.2 cm³/mol. The topological polar surface area (TPSA) is 78.5 Å². The van der Waals surface area contributed by atoms with Gasteiger partial charge in [-0.15, -0.1) is 0 Å². The number of urea groups is 1. The van der Waals surface area contributed by atoms with E-state index in [2.05, 4.69) is 10.6 Å². The summed E-state index contributed by atoms with van der Waals surface area (Å²) in [6, 6.07) is 14.6. The number of anilines is 2. The highest BCUT2D eigenvalue weighted by atomic mass is 32.2. The summed E-state index contributed by atoms with van der Waals surface area (Å²) in [5.74, 6) is 0.168. The van der Waals surface area contributed by atoms with Gasteiger partial charge in [0.25, 0.3) is 0 Å². The number of amides is 2. The highest BCUT2D eigenvalue weighted by molar-refractivity contribution is 7.93. The zero-order valence-electron chi connectivity index (χ0n) is 14.0. The Balaban J connectivity index is 1.69. The van der Waals surface area contributed by atoms with E-state index in [4.69, 9.17) is 0 Å². The van der Waals surface area contributed by atoms with Gasteiger partial charge in [-0.05, 0) is 36.6 Å². The van der Waals surface area contributed by atoms with Crippen molar-refractivity contribution < 1.29 is 13.2 Å². The molecule has 0 atom stereocenters. The van der Waals surface area contributed by atoms with Crippen LogP contribution >= 0.6 is 0 Å². The third kappa shape index (κ3) is 4.11. The molecule has 3 rings (SSSR count). The maximum absolute atomic E-state index is 12.1. The molecule has 1 fully saturated rings. The van der Waals surface area contributed by atoms with Gasteiger partial charge in [0.05, 0.1) is 11.4 Å². The minimum atomic E-state index is -3.24. The molecule has 25 heavy (non-hydrogen) atoms. The summed E-state index contributed by atoms with van der Waals surface area (Å²) in [4.78, 5) is 12.1. The van der Waals surface area contributed by atoms with Crippen molar-refractivity contribution >= 4 is 27.4 Å². The fourth-order valence-electron chi connectivity index (χ4n) is 2.77. The van der Waals surface area contributed by atoms with Crippen LogP contribution in [0, 0.1) is 6.92 Å². The smallest absolute Gasteiger partial charge is 0.319 e. The zero-order valence-corrected chi connectivity index (χ0v) is 14.8. The molecule has 0 saturated carbocycles. The largest absolute Gasteiger partial charge is 0.334 e. The van der Waals surface area contributed by atoms with Crippen molar-refractivity contribution in [2.75, 3.05) is 21.9 Å². The number of hydrogen-bond acceptors (Lipinski definition) is 3. The van der Waals surface area contributed by atoms with Gasteiger partial charge >= 0.3 is 6.03 Å². The van der Waals surface area contributed by atoms with E-state index in [9.17, 15) is 13.2 Å². The fourth-order valence-corrected chi connectivity index (χ4v) is 4.33. The van der Waals surface area contributed by atoms with Gasteiger partial charge in [0, 0.05) is 18.8 Å². The average molecular weight is 359 g/mol. The first-order chi connectivity index (χ1) is 12.0. The zero-order chi connectivity index (χ0) is 17.9. The lowest BCUT2D eigenvalue weighted by atomic mass is 10.2. The number of benzene rings is 2. The lowest BCUT2D eigenvalue weighted by Crippen LogP contribution is -2.29. The monoisotopic (exact) mass is 359 g/mol. The van der Waals surface area contributed by atoms with E-state index in [1.807, 2.05) is 43.3 Å². The van der Waals surface area contributed by atoms with Gasteiger partial charge in [0.15, 0.2) is 0 Å². The van der Waals surface area contributed by atoms with Crippen molar-refractivity contribution in [3.8, 4) is 0 Å². The molecule has 7 heteroatoms. The molecule has 1 heterocycles. The Labute approximate surface area is 147 Å². The second-order valence-electron chi connectivity index (χ2n) is 6.03. The second kappa shape index (κ2) is 7.14. The number of sulfonamides is 1. The van der Waals surface area contributed by atoms with Crippen molar-refractivity contribution in [1.82, 2.24) is 5.32 Å². The second-order valence-corrected chi connectivity index (χ2v) is 8.05. The lowest BCUT2D eigenvalue weighted by molar-refractivity contribution is 0.251. The van der Waals surface area contributed by atoms with Gasteiger partial charge < -0.3 is 10.6 Å². The minimum Gasteiger partial charge on any atom is -0.334 e. The molecule has 0 spiro atoms. The van der Waals surface area contributed by atoms with E-state index in [1.165, 1.54) is 4.31 Å². The fraction of sp³-hybridized carbons (Fsp3) is 0.278. The quantitative estimate of drug-likeness (QED) is 0.881. The van der Waals surface area contributed by atoms with Crippen molar-refractivity contribution in [1.29, 1.82) is 0 Å². The Hall–Kier alpha value is -2.54. The van der Waals surface area contributed by atoms with Gasteiger partial charge in [-0.25, -0.2) is 13.2 Å². The van der Waals surface area contributed by atoms with E-state index in [-0.39, 0.29) is 11.8 Å². The number of carbonyl (C=O) groups is 1. The highest BCUT2D eigenvalue weighted by Crippen LogP contribution is 2.28. The van der Waals surface area contributed by atoms with E-state index in [1.54, 1.807) is 12.1 Å². The molecule has 2 aromatic rings. The van der Waals surface area contributed by atoms with Crippen LogP contribution in [0.3, 0.4) is 0 Å². The predicted octanol–water partition coefficient (Wildman–Crippen LogP) is 2.86. The normalized spacial score (nSPS) is 15.8. The summed E-state index contributed by atoms with van der Waals surface area (Å²) in [5.41, 5.74) is 3.06. The Morgan fingerprint density at radius 2 is 1.92 bits per heavy atom. The van der Waals surface area contributed by atoms with Crippen LogP contribution in [0.2, 0.25) is 0 Å². The molecule has 2 aromatic carbocycles. The molecular weight excluding hydrogens is 338 g/mol. The van der Waals surface area contributed by atoms with Crippen molar-refractivity contribution in [3.05, 3.63) is 59.7 Å². The number of hydrogen-bond donors (Lipinski definition) is 2. The van der Waals surface area contributed by atoms with Crippen LogP contribution in [0.25, 0.3) is 0 Å². The number of carbonyl (C=O) groups excluding carboxylic acids is 1. The first-order valence-electron chi connectivity index (χ1n) is 8.15. The van der Waals surface area contributed by atoms with Crippen LogP contribution in [-0.4, -0.2) is 26.7 Å². The van der Waals surface area contributed by atoms with Gasteiger partial charge in [0.1, 0.15) is 0 Å². The molecule has 132 valence electrons. The Bertz CT molecular complexity index is 866. The summed E-state index contributed by atoms with van der Waals surface area (Å²) in [5, 5.41) is 5.60. The molecule has 1 saturated heterocycles. The third-order valence-electron chi connectivity index (χ3n) is 4.15. The van der Waals surface area contributed by atoms with Gasteiger partial charge in [-0.3, -0.25) is 4.31 Å². The molecule has 0 unspecified atom stereocenters. The summed E-state index contributed by atoms with van der Waals surface area (Å²) < 4.78 is 25.5. The van der Waals surface area contributed by atoms with Crippen LogP contribution in [-0.2, 0) is 16.6 Å². The molecule has 6 nitrogen and oxygen atoms in total. The van der Waals surface area contributed by atoms with Gasteiger partial charge in [0.2, 0.25) is 10.0 Å². The maximum atomic E-state index is 12.1. The maximum Gasteiger partial charge on any atom is 0.319 e. The van der Waals surface area contributed by atoms with Gasteiger partial charge in [-0.2, -0.15) is 0 Å². The molecule has 0 radical (unpaired) electrons. The van der Waals surface area contributed by atoms with E-state index in [0.717, 1.165) is 11.1 Å². The molecule has 1 aliphatic rings. The van der Waals surface area contributed by atoms with E-state index < -0.39 is 10.0 Å². The molecular formula is C18H21N3O3S. The Morgan fingerprint density at radius 3 is 2.60 bits per heavy atom. The third-order valence-corrected chi connectivity index (χ3v) is 6.02. The Kier molecular flexibility index (Phi) is 4.94. The van der Waals surface area contributed by atoms with Crippen molar-refractivity contribution in [3.63, 3.8) is 0 Å². The van der Waals surface area contributed by atoms with Crippen LogP contribution in [0.15, 0.2) is 48.5 Å². The average Bonchev–Trinajstić information content (AvgIpc) is 2.95. The van der Waals surface area contributed by atoms with Crippen LogP contribution < -0.4 is 14.9 Å². The summed E-state index contributed by atoms with van der Waals surface area (Å²) in [6.45, 7) is 2.77. The first kappa shape index (κ1) is 17.3. The summed E-state index contributed by atoms with van der Waals surface area (Å²) in [7, 11) is -3.24. The lowest BCUT2D eigenvalue weighted by Gasteiger charge is -2.19. The number of aryl methyl sites for hydroxylation is 1. The summed E-state index contributed by atoms with van der Waals surface area (Å²) >= 11 is 0. The van der Waals surface area contributed by atoms with Crippen molar-refractivity contribution in [2.24, 2.45) is 0 Å². The molecule has 2 N–H and O–H groups in total. The molecule has 0 bridgehead atoms. The molecule has 1 aliphatic heterocycles. The molecule has 0 aliphatic carbocycles. The van der Waals surface area contributed by atoms with Crippen LogP contribution in [0.4, 0.5) is 16.2 Å². The van der Waals surface area contributed by atoms with E-state index in [0.29, 0.717) is 30.9 Å².